The molecule has 5 heteroatoms. The summed E-state index contributed by atoms with van der Waals surface area (Å²) in [4.78, 5) is 28.9. The number of para-hydroxylation sites is 1. The van der Waals surface area contributed by atoms with Gasteiger partial charge in [-0.05, 0) is 31.2 Å². The zero-order valence-electron chi connectivity index (χ0n) is 14.4. The molecule has 0 aliphatic carbocycles. The molecule has 0 spiro atoms. The molecule has 130 valence electrons. The second-order valence-electron chi connectivity index (χ2n) is 6.21. The molecule has 0 radical (unpaired) electrons. The molecule has 0 saturated carbocycles. The number of carbonyl (C=O) groups is 2. The van der Waals surface area contributed by atoms with Crippen molar-refractivity contribution in [2.75, 3.05) is 31.1 Å². The van der Waals surface area contributed by atoms with Gasteiger partial charge in [0.05, 0.1) is 0 Å². The molecule has 2 aromatic carbocycles. The first-order valence-corrected chi connectivity index (χ1v) is 8.60. The second kappa shape index (κ2) is 7.83. The van der Waals surface area contributed by atoms with E-state index < -0.39 is 6.04 Å². The van der Waals surface area contributed by atoms with Crippen LogP contribution in [-0.4, -0.2) is 48.9 Å². The monoisotopic (exact) mass is 337 g/mol. The van der Waals surface area contributed by atoms with Crippen LogP contribution in [0.4, 0.5) is 5.69 Å². The van der Waals surface area contributed by atoms with Crippen LogP contribution in [0.3, 0.4) is 0 Å². The van der Waals surface area contributed by atoms with Crippen LogP contribution in [0.2, 0.25) is 0 Å². The van der Waals surface area contributed by atoms with Crippen molar-refractivity contribution in [1.29, 1.82) is 0 Å². The zero-order valence-corrected chi connectivity index (χ0v) is 14.4. The van der Waals surface area contributed by atoms with Gasteiger partial charge in [-0.3, -0.25) is 9.59 Å². The molecule has 1 atom stereocenters. The van der Waals surface area contributed by atoms with Crippen molar-refractivity contribution < 1.29 is 9.59 Å². The molecule has 1 heterocycles. The summed E-state index contributed by atoms with van der Waals surface area (Å²) in [7, 11) is 0. The fourth-order valence-corrected chi connectivity index (χ4v) is 3.03. The number of rotatable bonds is 4. The largest absolute Gasteiger partial charge is 0.368 e. The summed E-state index contributed by atoms with van der Waals surface area (Å²) in [6.45, 7) is 4.68. The molecule has 2 aromatic rings. The summed E-state index contributed by atoms with van der Waals surface area (Å²) >= 11 is 0. The average molecular weight is 337 g/mol. The third-order valence-electron chi connectivity index (χ3n) is 4.47. The molecule has 1 aliphatic heterocycles. The molecular formula is C20H23N3O2. The second-order valence-corrected chi connectivity index (χ2v) is 6.21. The fraction of sp³-hybridized carbons (Fsp3) is 0.300. The molecule has 5 nitrogen and oxygen atoms in total. The van der Waals surface area contributed by atoms with E-state index in [0.717, 1.165) is 13.1 Å². The van der Waals surface area contributed by atoms with Crippen molar-refractivity contribution in [3.8, 4) is 0 Å². The Morgan fingerprint density at radius 1 is 0.880 bits per heavy atom. The third-order valence-corrected chi connectivity index (χ3v) is 4.47. The molecule has 0 bridgehead atoms. The van der Waals surface area contributed by atoms with Gasteiger partial charge in [0.15, 0.2) is 0 Å². The van der Waals surface area contributed by atoms with Gasteiger partial charge in [-0.15, -0.1) is 0 Å². The number of nitrogens with one attached hydrogen (secondary N) is 1. The van der Waals surface area contributed by atoms with Crippen LogP contribution in [0.5, 0.6) is 0 Å². The lowest BCUT2D eigenvalue weighted by molar-refractivity contribution is -0.133. The minimum Gasteiger partial charge on any atom is -0.368 e. The van der Waals surface area contributed by atoms with E-state index in [2.05, 4.69) is 22.3 Å². The minimum absolute atomic E-state index is 0.0306. The summed E-state index contributed by atoms with van der Waals surface area (Å²) in [6.07, 6.45) is 0. The third kappa shape index (κ3) is 4.18. The van der Waals surface area contributed by atoms with E-state index in [0.29, 0.717) is 18.7 Å². The Kier molecular flexibility index (Phi) is 5.33. The lowest BCUT2D eigenvalue weighted by Gasteiger charge is -2.37. The Balaban J connectivity index is 1.53. The van der Waals surface area contributed by atoms with Gasteiger partial charge in [0.25, 0.3) is 5.91 Å². The summed E-state index contributed by atoms with van der Waals surface area (Å²) in [5.74, 6) is -0.249. The molecule has 2 amide bonds. The Bertz CT molecular complexity index is 710. The van der Waals surface area contributed by atoms with E-state index >= 15 is 0 Å². The number of anilines is 1. The Morgan fingerprint density at radius 2 is 1.44 bits per heavy atom. The van der Waals surface area contributed by atoms with Gasteiger partial charge in [-0.1, -0.05) is 36.4 Å². The first-order chi connectivity index (χ1) is 12.1. The molecule has 3 rings (SSSR count). The van der Waals surface area contributed by atoms with Crippen molar-refractivity contribution in [1.82, 2.24) is 10.2 Å². The Hall–Kier alpha value is -2.82. The molecule has 0 unspecified atom stereocenters. The van der Waals surface area contributed by atoms with Crippen LogP contribution < -0.4 is 10.2 Å². The zero-order chi connectivity index (χ0) is 17.6. The van der Waals surface area contributed by atoms with E-state index in [1.807, 2.05) is 41.3 Å². The fourth-order valence-electron chi connectivity index (χ4n) is 3.03. The molecule has 1 aliphatic rings. The standard InChI is InChI=1S/C20H23N3O2/c1-16(21-19(24)17-8-4-2-5-9-17)20(25)23-14-12-22(13-15-23)18-10-6-3-7-11-18/h2-11,16H,12-15H2,1H3,(H,21,24)/t16-/m1/s1. The molecule has 1 N–H and O–H groups in total. The maximum absolute atomic E-state index is 12.6. The van der Waals surface area contributed by atoms with Crippen LogP contribution in [0, 0.1) is 0 Å². The highest BCUT2D eigenvalue weighted by molar-refractivity contribution is 5.97. The summed E-state index contributed by atoms with van der Waals surface area (Å²) in [5.41, 5.74) is 1.75. The lowest BCUT2D eigenvalue weighted by Crippen LogP contribution is -2.54. The molecule has 25 heavy (non-hydrogen) atoms. The van der Waals surface area contributed by atoms with Crippen LogP contribution in [-0.2, 0) is 4.79 Å². The highest BCUT2D eigenvalue weighted by Crippen LogP contribution is 2.16. The maximum atomic E-state index is 12.6. The predicted octanol–water partition coefficient (Wildman–Crippen LogP) is 2.15. The van der Waals surface area contributed by atoms with E-state index in [9.17, 15) is 9.59 Å². The lowest BCUT2D eigenvalue weighted by atomic mass is 10.2. The normalized spacial score (nSPS) is 15.6. The Morgan fingerprint density at radius 3 is 2.04 bits per heavy atom. The van der Waals surface area contributed by atoms with Crippen molar-refractivity contribution in [3.05, 3.63) is 66.2 Å². The molecule has 1 fully saturated rings. The van der Waals surface area contributed by atoms with E-state index in [1.54, 1.807) is 19.1 Å². The first-order valence-electron chi connectivity index (χ1n) is 8.60. The van der Waals surface area contributed by atoms with Crippen LogP contribution in [0.1, 0.15) is 17.3 Å². The van der Waals surface area contributed by atoms with Crippen molar-refractivity contribution in [2.24, 2.45) is 0 Å². The van der Waals surface area contributed by atoms with Gasteiger partial charge in [0.1, 0.15) is 6.04 Å². The van der Waals surface area contributed by atoms with E-state index in [4.69, 9.17) is 0 Å². The van der Waals surface area contributed by atoms with Gasteiger partial charge in [0, 0.05) is 37.4 Å². The van der Waals surface area contributed by atoms with E-state index in [1.165, 1.54) is 5.69 Å². The Labute approximate surface area is 148 Å². The topological polar surface area (TPSA) is 52.7 Å². The predicted molar refractivity (Wildman–Crippen MR) is 98.6 cm³/mol. The number of hydrogen-bond donors (Lipinski definition) is 1. The van der Waals surface area contributed by atoms with Gasteiger partial charge >= 0.3 is 0 Å². The molecular weight excluding hydrogens is 314 g/mol. The van der Waals surface area contributed by atoms with Crippen LogP contribution >= 0.6 is 0 Å². The number of benzene rings is 2. The van der Waals surface area contributed by atoms with Gasteiger partial charge in [-0.25, -0.2) is 0 Å². The maximum Gasteiger partial charge on any atom is 0.251 e. The summed E-state index contributed by atoms with van der Waals surface area (Å²) in [6, 6.07) is 18.6. The highest BCUT2D eigenvalue weighted by Gasteiger charge is 2.26. The number of nitrogens with zero attached hydrogens (tertiary/aromatic N) is 2. The quantitative estimate of drug-likeness (QED) is 0.930. The van der Waals surface area contributed by atoms with Crippen molar-refractivity contribution in [3.63, 3.8) is 0 Å². The van der Waals surface area contributed by atoms with Crippen molar-refractivity contribution >= 4 is 17.5 Å². The SMILES string of the molecule is C[C@@H](NC(=O)c1ccccc1)C(=O)N1CCN(c2ccccc2)CC1. The van der Waals surface area contributed by atoms with Gasteiger partial charge in [0.2, 0.25) is 5.91 Å². The van der Waals surface area contributed by atoms with Crippen LogP contribution in [0.15, 0.2) is 60.7 Å². The van der Waals surface area contributed by atoms with Crippen LogP contribution in [0.25, 0.3) is 0 Å². The summed E-state index contributed by atoms with van der Waals surface area (Å²) in [5, 5.41) is 2.79. The van der Waals surface area contributed by atoms with Crippen molar-refractivity contribution in [2.45, 2.75) is 13.0 Å². The van der Waals surface area contributed by atoms with Gasteiger partial charge in [-0.2, -0.15) is 0 Å². The first kappa shape index (κ1) is 17.0. The average Bonchev–Trinajstić information content (AvgIpc) is 2.69. The number of amides is 2. The van der Waals surface area contributed by atoms with Gasteiger partial charge < -0.3 is 15.1 Å². The number of piperazine rings is 1. The minimum atomic E-state index is -0.531. The highest BCUT2D eigenvalue weighted by atomic mass is 16.2. The molecule has 1 saturated heterocycles. The summed E-state index contributed by atoms with van der Waals surface area (Å²) < 4.78 is 0. The number of carbonyl (C=O) groups excluding carboxylic acids is 2. The van der Waals surface area contributed by atoms with E-state index in [-0.39, 0.29) is 11.8 Å². The smallest absolute Gasteiger partial charge is 0.251 e. The number of hydrogen-bond acceptors (Lipinski definition) is 3. The molecule has 0 aromatic heterocycles.